The number of aliphatic hydroxyl groups is 1. The van der Waals surface area contributed by atoms with Crippen molar-refractivity contribution in [3.63, 3.8) is 0 Å². The Morgan fingerprint density at radius 1 is 1.19 bits per heavy atom. The quantitative estimate of drug-likeness (QED) is 0.851. The van der Waals surface area contributed by atoms with Crippen molar-refractivity contribution in [3.05, 3.63) is 41.5 Å². The highest BCUT2D eigenvalue weighted by molar-refractivity contribution is 5.28. The molecule has 0 amide bonds. The molecule has 0 bridgehead atoms. The Labute approximate surface area is 125 Å². The zero-order chi connectivity index (χ0) is 15.2. The van der Waals surface area contributed by atoms with Crippen LogP contribution >= 0.6 is 0 Å². The Bertz CT molecular complexity index is 563. The van der Waals surface area contributed by atoms with Crippen molar-refractivity contribution in [3.8, 4) is 5.75 Å². The average molecular weight is 289 g/mol. The molecule has 1 unspecified atom stereocenters. The van der Waals surface area contributed by atoms with Gasteiger partial charge in [0.25, 0.3) is 0 Å². The predicted octanol–water partition coefficient (Wildman–Crippen LogP) is 3.02. The summed E-state index contributed by atoms with van der Waals surface area (Å²) in [5.74, 6) is 2.52. The summed E-state index contributed by atoms with van der Waals surface area (Å²) in [7, 11) is 0. The molecule has 2 aromatic rings. The number of rotatable bonds is 7. The van der Waals surface area contributed by atoms with Gasteiger partial charge in [-0.1, -0.05) is 26.0 Å². The fraction of sp³-hybridized carbons (Fsp3) is 0.500. The van der Waals surface area contributed by atoms with E-state index in [9.17, 15) is 5.11 Å². The van der Waals surface area contributed by atoms with E-state index >= 15 is 0 Å². The van der Waals surface area contributed by atoms with Crippen molar-refractivity contribution < 1.29 is 9.84 Å². The predicted molar refractivity (Wildman–Crippen MR) is 81.1 cm³/mol. The minimum absolute atomic E-state index is 0.399. The van der Waals surface area contributed by atoms with Crippen molar-refractivity contribution in [2.75, 3.05) is 0 Å². The molecule has 2 rings (SSSR count). The van der Waals surface area contributed by atoms with Crippen LogP contribution in [0.5, 0.6) is 5.75 Å². The third kappa shape index (κ3) is 3.82. The Balaban J connectivity index is 2.00. The maximum absolute atomic E-state index is 9.76. The lowest BCUT2D eigenvalue weighted by molar-refractivity contribution is 0.173. The van der Waals surface area contributed by atoms with Gasteiger partial charge in [0, 0.05) is 6.54 Å². The number of nitrogens with zero attached hydrogens (tertiary/aromatic N) is 3. The van der Waals surface area contributed by atoms with Gasteiger partial charge < -0.3 is 14.4 Å². The minimum atomic E-state index is -0.408. The standard InChI is InChI=1S/C16H23N3O2/c1-4-10-19-12(3)17-18-16(19)11-21-14-8-6-13(7-9-14)15(20)5-2/h6-9,15,20H,4-5,10-11H2,1-3H3. The summed E-state index contributed by atoms with van der Waals surface area (Å²) in [5.41, 5.74) is 0.912. The molecule has 0 spiro atoms. The Kier molecular flexibility index (Phi) is 5.33. The van der Waals surface area contributed by atoms with E-state index in [1.807, 2.05) is 38.1 Å². The zero-order valence-corrected chi connectivity index (χ0v) is 12.9. The minimum Gasteiger partial charge on any atom is -0.486 e. The number of hydrogen-bond donors (Lipinski definition) is 1. The molecule has 1 aromatic carbocycles. The maximum atomic E-state index is 9.76. The number of aliphatic hydroxyl groups excluding tert-OH is 1. The van der Waals surface area contributed by atoms with Crippen molar-refractivity contribution in [1.29, 1.82) is 0 Å². The van der Waals surface area contributed by atoms with Gasteiger partial charge in [0.1, 0.15) is 18.2 Å². The molecule has 114 valence electrons. The van der Waals surface area contributed by atoms with Gasteiger partial charge in [0.05, 0.1) is 6.10 Å². The Hall–Kier alpha value is -1.88. The molecule has 1 N–H and O–H groups in total. The van der Waals surface area contributed by atoms with Crippen molar-refractivity contribution >= 4 is 0 Å². The van der Waals surface area contributed by atoms with Crippen LogP contribution in [-0.2, 0) is 13.2 Å². The van der Waals surface area contributed by atoms with Crippen LogP contribution in [0.3, 0.4) is 0 Å². The molecule has 1 atom stereocenters. The summed E-state index contributed by atoms with van der Waals surface area (Å²) in [6.07, 6.45) is 1.34. The van der Waals surface area contributed by atoms with E-state index in [2.05, 4.69) is 21.7 Å². The average Bonchev–Trinajstić information content (AvgIpc) is 2.86. The molecular formula is C16H23N3O2. The molecule has 0 aliphatic carbocycles. The SMILES string of the molecule is CCCn1c(C)nnc1COc1ccc(C(O)CC)cc1. The van der Waals surface area contributed by atoms with Gasteiger partial charge in [0.2, 0.25) is 0 Å². The topological polar surface area (TPSA) is 60.2 Å². The van der Waals surface area contributed by atoms with Gasteiger partial charge in [-0.2, -0.15) is 0 Å². The molecule has 0 fully saturated rings. The Morgan fingerprint density at radius 2 is 1.90 bits per heavy atom. The highest BCUT2D eigenvalue weighted by atomic mass is 16.5. The van der Waals surface area contributed by atoms with Gasteiger partial charge in [-0.25, -0.2) is 0 Å². The zero-order valence-electron chi connectivity index (χ0n) is 12.9. The summed E-state index contributed by atoms with van der Waals surface area (Å²) >= 11 is 0. The second-order valence-electron chi connectivity index (χ2n) is 5.10. The first-order valence-electron chi connectivity index (χ1n) is 7.45. The van der Waals surface area contributed by atoms with Crippen LogP contribution in [0.25, 0.3) is 0 Å². The largest absolute Gasteiger partial charge is 0.486 e. The molecule has 0 radical (unpaired) electrons. The maximum Gasteiger partial charge on any atom is 0.171 e. The van der Waals surface area contributed by atoms with Crippen LogP contribution < -0.4 is 4.74 Å². The molecule has 0 saturated heterocycles. The van der Waals surface area contributed by atoms with Gasteiger partial charge in [-0.05, 0) is 37.5 Å². The van der Waals surface area contributed by atoms with Crippen molar-refractivity contribution in [2.45, 2.75) is 52.9 Å². The van der Waals surface area contributed by atoms with Gasteiger partial charge >= 0.3 is 0 Å². The number of hydrogen-bond acceptors (Lipinski definition) is 4. The molecule has 1 aromatic heterocycles. The van der Waals surface area contributed by atoms with E-state index in [0.717, 1.165) is 35.9 Å². The summed E-state index contributed by atoms with van der Waals surface area (Å²) in [5, 5.41) is 18.0. The highest BCUT2D eigenvalue weighted by Gasteiger charge is 2.09. The molecule has 5 nitrogen and oxygen atoms in total. The second-order valence-corrected chi connectivity index (χ2v) is 5.10. The molecule has 5 heteroatoms. The third-order valence-corrected chi connectivity index (χ3v) is 3.48. The smallest absolute Gasteiger partial charge is 0.171 e. The second kappa shape index (κ2) is 7.22. The van der Waals surface area contributed by atoms with Crippen LogP contribution in [0.2, 0.25) is 0 Å². The lowest BCUT2D eigenvalue weighted by Gasteiger charge is -2.11. The van der Waals surface area contributed by atoms with Gasteiger partial charge in [-0.15, -0.1) is 10.2 Å². The summed E-state index contributed by atoms with van der Waals surface area (Å²) in [6, 6.07) is 7.54. The van der Waals surface area contributed by atoms with E-state index in [1.54, 1.807) is 0 Å². The van der Waals surface area contributed by atoms with Crippen molar-refractivity contribution in [2.24, 2.45) is 0 Å². The van der Waals surface area contributed by atoms with Crippen LogP contribution in [0.1, 0.15) is 50.0 Å². The summed E-state index contributed by atoms with van der Waals surface area (Å²) in [4.78, 5) is 0. The molecule has 0 saturated carbocycles. The number of benzene rings is 1. The van der Waals surface area contributed by atoms with E-state index < -0.39 is 6.10 Å². The van der Waals surface area contributed by atoms with Gasteiger partial charge in [-0.3, -0.25) is 0 Å². The van der Waals surface area contributed by atoms with E-state index in [1.165, 1.54) is 0 Å². The summed E-state index contributed by atoms with van der Waals surface area (Å²) < 4.78 is 7.83. The van der Waals surface area contributed by atoms with Crippen LogP contribution in [-0.4, -0.2) is 19.9 Å². The number of aromatic nitrogens is 3. The van der Waals surface area contributed by atoms with E-state index in [4.69, 9.17) is 4.74 Å². The monoisotopic (exact) mass is 289 g/mol. The van der Waals surface area contributed by atoms with Crippen LogP contribution in [0, 0.1) is 6.92 Å². The first kappa shape index (κ1) is 15.5. The van der Waals surface area contributed by atoms with Crippen LogP contribution in [0.4, 0.5) is 0 Å². The van der Waals surface area contributed by atoms with Crippen molar-refractivity contribution in [1.82, 2.24) is 14.8 Å². The molecule has 0 aliphatic heterocycles. The fourth-order valence-corrected chi connectivity index (χ4v) is 2.22. The van der Waals surface area contributed by atoms with Gasteiger partial charge in [0.15, 0.2) is 5.82 Å². The number of aryl methyl sites for hydroxylation is 1. The highest BCUT2D eigenvalue weighted by Crippen LogP contribution is 2.20. The summed E-state index contributed by atoms with van der Waals surface area (Å²) in [6.45, 7) is 7.34. The fourth-order valence-electron chi connectivity index (χ4n) is 2.22. The van der Waals surface area contributed by atoms with E-state index in [-0.39, 0.29) is 0 Å². The van der Waals surface area contributed by atoms with Crippen LogP contribution in [0.15, 0.2) is 24.3 Å². The lowest BCUT2D eigenvalue weighted by atomic mass is 10.1. The molecule has 21 heavy (non-hydrogen) atoms. The Morgan fingerprint density at radius 3 is 2.52 bits per heavy atom. The van der Waals surface area contributed by atoms with E-state index in [0.29, 0.717) is 13.0 Å². The molecule has 1 heterocycles. The first-order valence-corrected chi connectivity index (χ1v) is 7.45. The normalized spacial score (nSPS) is 12.4. The number of ether oxygens (including phenoxy) is 1. The lowest BCUT2D eigenvalue weighted by Crippen LogP contribution is -2.08. The molecular weight excluding hydrogens is 266 g/mol. The first-order chi connectivity index (χ1) is 10.2. The molecule has 0 aliphatic rings. The third-order valence-electron chi connectivity index (χ3n) is 3.48.